The fourth-order valence-corrected chi connectivity index (χ4v) is 2.33. The molecular formula is C17H16N4O3. The maximum Gasteiger partial charge on any atom is 0.294 e. The van der Waals surface area contributed by atoms with E-state index in [9.17, 15) is 14.7 Å². The Morgan fingerprint density at radius 2 is 2.04 bits per heavy atom. The normalized spacial score (nSPS) is 10.7. The average Bonchev–Trinajstić information content (AvgIpc) is 3.02. The van der Waals surface area contributed by atoms with Crippen LogP contribution in [0.3, 0.4) is 0 Å². The summed E-state index contributed by atoms with van der Waals surface area (Å²) in [5.74, 6) is -0.921. The number of hydrogen-bond acceptors (Lipinski definition) is 5. The molecule has 0 amide bonds. The molecule has 3 rings (SSSR count). The number of hydrogen-bond donors (Lipinski definition) is 2. The number of carbonyl (C=O) groups is 1. The van der Waals surface area contributed by atoms with E-state index in [1.165, 1.54) is 6.33 Å². The van der Waals surface area contributed by atoms with Gasteiger partial charge in [0, 0.05) is 19.7 Å². The molecule has 3 aromatic rings. The smallest absolute Gasteiger partial charge is 0.294 e. The van der Waals surface area contributed by atoms with Gasteiger partial charge in [-0.3, -0.25) is 9.59 Å². The molecule has 2 N–H and O–H groups in total. The van der Waals surface area contributed by atoms with Gasteiger partial charge in [-0.2, -0.15) is 0 Å². The highest BCUT2D eigenvalue weighted by Crippen LogP contribution is 2.21. The monoisotopic (exact) mass is 324 g/mol. The van der Waals surface area contributed by atoms with Crippen molar-refractivity contribution in [3.8, 4) is 17.1 Å². The molecule has 1 aromatic carbocycles. The summed E-state index contributed by atoms with van der Waals surface area (Å²) in [6, 6.07) is 9.57. The lowest BCUT2D eigenvalue weighted by Crippen LogP contribution is -2.17. The van der Waals surface area contributed by atoms with Gasteiger partial charge in [-0.1, -0.05) is 30.3 Å². The Bertz CT molecular complexity index is 929. The van der Waals surface area contributed by atoms with Crippen LogP contribution in [-0.4, -0.2) is 30.4 Å². The number of rotatable bonds is 5. The van der Waals surface area contributed by atoms with Gasteiger partial charge in [0.25, 0.3) is 5.56 Å². The average molecular weight is 324 g/mol. The van der Waals surface area contributed by atoms with Crippen molar-refractivity contribution in [3.63, 3.8) is 0 Å². The highest BCUT2D eigenvalue weighted by atomic mass is 16.3. The quantitative estimate of drug-likeness (QED) is 0.696. The fraction of sp³-hybridized carbons (Fsp3) is 0.176. The number of aromatic nitrogens is 4. The predicted octanol–water partition coefficient (Wildman–Crippen LogP) is 1.69. The summed E-state index contributed by atoms with van der Waals surface area (Å²) in [7, 11) is 1.76. The van der Waals surface area contributed by atoms with Crippen LogP contribution >= 0.6 is 0 Å². The minimum Gasteiger partial charge on any atom is -0.501 e. The van der Waals surface area contributed by atoms with Crippen molar-refractivity contribution in [2.24, 2.45) is 7.05 Å². The zero-order chi connectivity index (χ0) is 17.1. The number of imidazole rings is 1. The zero-order valence-electron chi connectivity index (χ0n) is 13.1. The van der Waals surface area contributed by atoms with Crippen molar-refractivity contribution in [1.29, 1.82) is 0 Å². The van der Waals surface area contributed by atoms with E-state index in [2.05, 4.69) is 15.0 Å². The molecule has 0 unspecified atom stereocenters. The van der Waals surface area contributed by atoms with Crippen LogP contribution in [0.25, 0.3) is 11.4 Å². The number of ketones is 1. The number of aromatic hydroxyl groups is 1. The van der Waals surface area contributed by atoms with Crippen LogP contribution in [0.5, 0.6) is 5.75 Å². The van der Waals surface area contributed by atoms with E-state index < -0.39 is 11.3 Å². The maximum absolute atomic E-state index is 12.3. The first kappa shape index (κ1) is 15.7. The zero-order valence-corrected chi connectivity index (χ0v) is 13.1. The molecule has 0 aliphatic carbocycles. The molecule has 0 fully saturated rings. The van der Waals surface area contributed by atoms with Crippen LogP contribution in [0.2, 0.25) is 0 Å². The van der Waals surface area contributed by atoms with E-state index in [-0.39, 0.29) is 23.7 Å². The van der Waals surface area contributed by atoms with Crippen molar-refractivity contribution < 1.29 is 9.90 Å². The number of benzene rings is 1. The number of aryl methyl sites for hydroxylation is 2. The van der Waals surface area contributed by atoms with Gasteiger partial charge in [-0.25, -0.2) is 9.97 Å². The molecule has 0 atom stereocenters. The summed E-state index contributed by atoms with van der Waals surface area (Å²) >= 11 is 0. The Morgan fingerprint density at radius 1 is 1.29 bits per heavy atom. The summed E-state index contributed by atoms with van der Waals surface area (Å²) in [5.41, 5.74) is 0.603. The van der Waals surface area contributed by atoms with Gasteiger partial charge in [0.05, 0.1) is 6.33 Å². The van der Waals surface area contributed by atoms with Gasteiger partial charge in [0.15, 0.2) is 11.6 Å². The molecular weight excluding hydrogens is 308 g/mol. The van der Waals surface area contributed by atoms with Gasteiger partial charge in [-0.15, -0.1) is 0 Å². The van der Waals surface area contributed by atoms with E-state index in [0.717, 1.165) is 5.56 Å². The van der Waals surface area contributed by atoms with Gasteiger partial charge in [-0.05, 0) is 12.0 Å². The molecule has 0 radical (unpaired) electrons. The number of nitrogens with one attached hydrogen (secondary N) is 1. The largest absolute Gasteiger partial charge is 0.501 e. The second-order valence-corrected chi connectivity index (χ2v) is 5.44. The fourth-order valence-electron chi connectivity index (χ4n) is 2.33. The SMILES string of the molecule is Cn1cnc(-c2nc(C(=O)CCc3ccccc3)[nH]c(=O)c2O)c1. The minimum absolute atomic E-state index is 0.00223. The molecule has 0 aliphatic heterocycles. The van der Waals surface area contributed by atoms with Crippen LogP contribution in [0, 0.1) is 0 Å². The van der Waals surface area contributed by atoms with Gasteiger partial charge >= 0.3 is 0 Å². The van der Waals surface area contributed by atoms with Crippen molar-refractivity contribution in [1.82, 2.24) is 19.5 Å². The molecule has 0 saturated carbocycles. The lowest BCUT2D eigenvalue weighted by molar-refractivity contribution is 0.0972. The number of nitrogens with zero attached hydrogens (tertiary/aromatic N) is 3. The second kappa shape index (κ2) is 6.49. The van der Waals surface area contributed by atoms with Crippen LogP contribution in [-0.2, 0) is 13.5 Å². The molecule has 0 bridgehead atoms. The standard InChI is InChI=1S/C17H16N4O3/c1-21-9-12(18-10-21)14-15(23)17(24)20-16(19-14)13(22)8-7-11-5-3-2-4-6-11/h2-6,9-10,23H,7-8H2,1H3,(H,19,20,24). The Balaban J connectivity index is 1.87. The number of Topliss-reactive ketones (excluding diaryl/α,β-unsaturated/α-hetero) is 1. The Kier molecular flexibility index (Phi) is 4.24. The lowest BCUT2D eigenvalue weighted by Gasteiger charge is -2.05. The molecule has 2 aromatic heterocycles. The van der Waals surface area contributed by atoms with E-state index >= 15 is 0 Å². The van der Waals surface area contributed by atoms with Gasteiger partial charge < -0.3 is 14.7 Å². The van der Waals surface area contributed by atoms with E-state index in [1.807, 2.05) is 30.3 Å². The number of aromatic amines is 1. The molecule has 7 nitrogen and oxygen atoms in total. The molecule has 0 aliphatic rings. The van der Waals surface area contributed by atoms with Crippen LogP contribution in [0.4, 0.5) is 0 Å². The van der Waals surface area contributed by atoms with Gasteiger partial charge in [0.1, 0.15) is 11.4 Å². The van der Waals surface area contributed by atoms with Crippen molar-refractivity contribution in [2.45, 2.75) is 12.8 Å². The maximum atomic E-state index is 12.3. The number of carbonyl (C=O) groups excluding carboxylic acids is 1. The van der Waals surface area contributed by atoms with Crippen molar-refractivity contribution in [2.75, 3.05) is 0 Å². The van der Waals surface area contributed by atoms with E-state index in [1.54, 1.807) is 17.8 Å². The first-order valence-corrected chi connectivity index (χ1v) is 7.43. The van der Waals surface area contributed by atoms with Crippen molar-refractivity contribution in [3.05, 3.63) is 64.6 Å². The first-order chi connectivity index (χ1) is 11.5. The third-order valence-corrected chi connectivity index (χ3v) is 3.59. The van der Waals surface area contributed by atoms with Gasteiger partial charge in [0.2, 0.25) is 5.75 Å². The Labute approximate surface area is 137 Å². The Morgan fingerprint density at radius 3 is 2.71 bits per heavy atom. The molecule has 7 heteroatoms. The third-order valence-electron chi connectivity index (χ3n) is 3.59. The van der Waals surface area contributed by atoms with Crippen LogP contribution < -0.4 is 5.56 Å². The molecule has 2 heterocycles. The van der Waals surface area contributed by atoms with Crippen LogP contribution in [0.1, 0.15) is 22.6 Å². The molecule has 0 spiro atoms. The molecule has 122 valence electrons. The first-order valence-electron chi connectivity index (χ1n) is 7.43. The summed E-state index contributed by atoms with van der Waals surface area (Å²) in [6.45, 7) is 0. The molecule has 0 saturated heterocycles. The van der Waals surface area contributed by atoms with Crippen molar-refractivity contribution >= 4 is 5.78 Å². The van der Waals surface area contributed by atoms with E-state index in [0.29, 0.717) is 12.1 Å². The predicted molar refractivity (Wildman–Crippen MR) is 87.8 cm³/mol. The Hall–Kier alpha value is -3.22. The highest BCUT2D eigenvalue weighted by Gasteiger charge is 2.18. The second-order valence-electron chi connectivity index (χ2n) is 5.44. The lowest BCUT2D eigenvalue weighted by atomic mass is 10.1. The third kappa shape index (κ3) is 3.24. The summed E-state index contributed by atoms with van der Waals surface area (Å²) in [6.07, 6.45) is 3.89. The molecule has 24 heavy (non-hydrogen) atoms. The summed E-state index contributed by atoms with van der Waals surface area (Å²) in [4.78, 5) is 34.7. The minimum atomic E-state index is -0.756. The van der Waals surface area contributed by atoms with E-state index in [4.69, 9.17) is 0 Å². The summed E-state index contributed by atoms with van der Waals surface area (Å²) < 4.78 is 1.66. The van der Waals surface area contributed by atoms with Crippen LogP contribution in [0.15, 0.2) is 47.7 Å². The summed E-state index contributed by atoms with van der Waals surface area (Å²) in [5, 5.41) is 9.91. The topological polar surface area (TPSA) is 101 Å². The number of H-pyrrole nitrogens is 1. The highest BCUT2D eigenvalue weighted by molar-refractivity contribution is 5.93.